The van der Waals surface area contributed by atoms with Gasteiger partial charge in [-0.2, -0.15) is 0 Å². The lowest BCUT2D eigenvalue weighted by molar-refractivity contribution is -0.121. The molecule has 0 aliphatic heterocycles. The number of fused-ring (bicyclic) bond motifs is 1. The number of carbonyl (C=O) groups is 1. The molecule has 2 aromatic heterocycles. The van der Waals surface area contributed by atoms with Gasteiger partial charge in [0.05, 0.1) is 12.8 Å². The number of aryl methyl sites for hydroxylation is 1. The van der Waals surface area contributed by atoms with E-state index in [-0.39, 0.29) is 11.8 Å². The Bertz CT molecular complexity index is 1380. The van der Waals surface area contributed by atoms with Gasteiger partial charge in [0.2, 0.25) is 5.91 Å². The highest BCUT2D eigenvalue weighted by Gasteiger charge is 2.23. The molecule has 34 heavy (non-hydrogen) atoms. The number of hydrogen-bond acceptors (Lipinski definition) is 2. The van der Waals surface area contributed by atoms with E-state index in [1.54, 1.807) is 6.26 Å². The van der Waals surface area contributed by atoms with Crippen molar-refractivity contribution in [3.63, 3.8) is 0 Å². The Balaban J connectivity index is 1.51. The standard InChI is InChI=1S/C30H28N2O2/c1-22-9-7-12-24(17-22)27(18-30(33)31-19-25-13-8-16-34-25)28-21-32(20-23-10-3-2-4-11-23)29-15-6-5-14-26(28)29/h2-17,21,27H,18-20H2,1H3,(H,31,33). The summed E-state index contributed by atoms with van der Waals surface area (Å²) in [5, 5.41) is 4.21. The van der Waals surface area contributed by atoms with Crippen LogP contribution < -0.4 is 5.32 Å². The smallest absolute Gasteiger partial charge is 0.221 e. The highest BCUT2D eigenvalue weighted by molar-refractivity contribution is 5.86. The Hall–Kier alpha value is -4.05. The Labute approximate surface area is 199 Å². The molecule has 2 heterocycles. The number of carbonyl (C=O) groups excluding carboxylic acids is 1. The molecule has 0 bridgehead atoms. The molecule has 1 amide bonds. The van der Waals surface area contributed by atoms with E-state index in [2.05, 4.69) is 95.8 Å². The predicted molar refractivity (Wildman–Crippen MR) is 136 cm³/mol. The monoisotopic (exact) mass is 448 g/mol. The van der Waals surface area contributed by atoms with E-state index in [4.69, 9.17) is 4.42 Å². The zero-order chi connectivity index (χ0) is 23.3. The number of rotatable bonds is 8. The quantitative estimate of drug-likeness (QED) is 0.297. The second-order valence-corrected chi connectivity index (χ2v) is 8.74. The van der Waals surface area contributed by atoms with Crippen LogP contribution in [0.15, 0.2) is 108 Å². The maximum Gasteiger partial charge on any atom is 0.221 e. The molecule has 5 rings (SSSR count). The van der Waals surface area contributed by atoms with Crippen LogP contribution in [0.2, 0.25) is 0 Å². The molecule has 1 unspecified atom stereocenters. The zero-order valence-corrected chi connectivity index (χ0v) is 19.3. The highest BCUT2D eigenvalue weighted by Crippen LogP contribution is 2.35. The molecule has 0 spiro atoms. The Morgan fingerprint density at radius 3 is 2.56 bits per heavy atom. The van der Waals surface area contributed by atoms with Gasteiger partial charge in [-0.1, -0.05) is 78.4 Å². The van der Waals surface area contributed by atoms with Crippen LogP contribution in [0.3, 0.4) is 0 Å². The fraction of sp³-hybridized carbons (Fsp3) is 0.167. The van der Waals surface area contributed by atoms with Crippen molar-refractivity contribution in [2.24, 2.45) is 0 Å². The van der Waals surface area contributed by atoms with Crippen LogP contribution in [0.1, 0.15) is 40.4 Å². The first-order valence-electron chi connectivity index (χ1n) is 11.6. The fourth-order valence-electron chi connectivity index (χ4n) is 4.61. The van der Waals surface area contributed by atoms with Gasteiger partial charge < -0.3 is 14.3 Å². The molecule has 0 aliphatic rings. The molecule has 5 aromatic rings. The van der Waals surface area contributed by atoms with E-state index in [0.29, 0.717) is 13.0 Å². The average molecular weight is 449 g/mol. The molecule has 170 valence electrons. The van der Waals surface area contributed by atoms with Crippen molar-refractivity contribution in [1.82, 2.24) is 9.88 Å². The lowest BCUT2D eigenvalue weighted by Gasteiger charge is -2.18. The van der Waals surface area contributed by atoms with Gasteiger partial charge in [0.15, 0.2) is 0 Å². The van der Waals surface area contributed by atoms with Crippen LogP contribution >= 0.6 is 0 Å². The molecule has 0 aliphatic carbocycles. The number of nitrogens with zero attached hydrogens (tertiary/aromatic N) is 1. The summed E-state index contributed by atoms with van der Waals surface area (Å²) in [5.74, 6) is 0.696. The minimum atomic E-state index is -0.0570. The summed E-state index contributed by atoms with van der Waals surface area (Å²) in [7, 11) is 0. The SMILES string of the molecule is Cc1cccc(C(CC(=O)NCc2ccco2)c2cn(Cc3ccccc3)c3ccccc23)c1. The lowest BCUT2D eigenvalue weighted by Crippen LogP contribution is -2.24. The van der Waals surface area contributed by atoms with Crippen molar-refractivity contribution in [3.8, 4) is 0 Å². The van der Waals surface area contributed by atoms with Crippen molar-refractivity contribution in [2.45, 2.75) is 32.4 Å². The molecule has 1 N–H and O–H groups in total. The van der Waals surface area contributed by atoms with E-state index >= 15 is 0 Å². The number of nitrogens with one attached hydrogen (secondary N) is 1. The van der Waals surface area contributed by atoms with Gasteiger partial charge in [0.25, 0.3) is 0 Å². The van der Waals surface area contributed by atoms with Crippen LogP contribution in [-0.2, 0) is 17.9 Å². The van der Waals surface area contributed by atoms with Gasteiger partial charge in [-0.05, 0) is 41.8 Å². The molecule has 0 saturated carbocycles. The Kier molecular flexibility index (Phi) is 6.30. The van der Waals surface area contributed by atoms with Crippen molar-refractivity contribution in [2.75, 3.05) is 0 Å². The van der Waals surface area contributed by atoms with E-state index < -0.39 is 0 Å². The summed E-state index contributed by atoms with van der Waals surface area (Å²) in [5.41, 5.74) is 5.93. The third-order valence-electron chi connectivity index (χ3n) is 6.26. The van der Waals surface area contributed by atoms with Gasteiger partial charge in [-0.15, -0.1) is 0 Å². The summed E-state index contributed by atoms with van der Waals surface area (Å²) in [4.78, 5) is 13.1. The van der Waals surface area contributed by atoms with E-state index in [1.165, 1.54) is 27.6 Å². The number of furan rings is 1. The molecule has 3 aromatic carbocycles. The summed E-state index contributed by atoms with van der Waals surface area (Å²) in [6.45, 7) is 3.27. The predicted octanol–water partition coefficient (Wildman–Crippen LogP) is 6.43. The molecule has 0 fully saturated rings. The molecular weight excluding hydrogens is 420 g/mol. The minimum absolute atomic E-state index is 0.00259. The normalized spacial score (nSPS) is 12.0. The Morgan fingerprint density at radius 2 is 1.76 bits per heavy atom. The molecule has 1 atom stereocenters. The number of hydrogen-bond donors (Lipinski definition) is 1. The lowest BCUT2D eigenvalue weighted by atomic mass is 9.87. The zero-order valence-electron chi connectivity index (χ0n) is 19.3. The van der Waals surface area contributed by atoms with Crippen LogP contribution in [0.4, 0.5) is 0 Å². The second kappa shape index (κ2) is 9.84. The summed E-state index contributed by atoms with van der Waals surface area (Å²) < 4.78 is 7.67. The van der Waals surface area contributed by atoms with Gasteiger partial charge in [0, 0.05) is 36.0 Å². The summed E-state index contributed by atoms with van der Waals surface area (Å²) in [6, 6.07) is 31.1. The van der Waals surface area contributed by atoms with Crippen LogP contribution in [0, 0.1) is 6.92 Å². The van der Waals surface area contributed by atoms with Crippen molar-refractivity contribution >= 4 is 16.8 Å². The number of aromatic nitrogens is 1. The number of para-hydroxylation sites is 1. The Morgan fingerprint density at radius 1 is 0.941 bits per heavy atom. The maximum atomic E-state index is 13.1. The average Bonchev–Trinajstić information content (AvgIpc) is 3.50. The van der Waals surface area contributed by atoms with Crippen molar-refractivity contribution < 1.29 is 9.21 Å². The molecule has 0 radical (unpaired) electrons. The maximum absolute atomic E-state index is 13.1. The van der Waals surface area contributed by atoms with Crippen LogP contribution in [-0.4, -0.2) is 10.5 Å². The van der Waals surface area contributed by atoms with E-state index in [9.17, 15) is 4.79 Å². The molecule has 4 heteroatoms. The first kappa shape index (κ1) is 21.8. The van der Waals surface area contributed by atoms with Crippen molar-refractivity contribution in [1.29, 1.82) is 0 Å². The first-order valence-corrected chi connectivity index (χ1v) is 11.6. The van der Waals surface area contributed by atoms with Gasteiger partial charge >= 0.3 is 0 Å². The number of amides is 1. The third-order valence-corrected chi connectivity index (χ3v) is 6.26. The van der Waals surface area contributed by atoms with Gasteiger partial charge in [0.1, 0.15) is 5.76 Å². The van der Waals surface area contributed by atoms with E-state index in [0.717, 1.165) is 17.9 Å². The van der Waals surface area contributed by atoms with Crippen LogP contribution in [0.25, 0.3) is 10.9 Å². The summed E-state index contributed by atoms with van der Waals surface area (Å²) in [6.07, 6.45) is 4.21. The molecular formula is C30H28N2O2. The second-order valence-electron chi connectivity index (χ2n) is 8.74. The largest absolute Gasteiger partial charge is 0.467 e. The van der Waals surface area contributed by atoms with Crippen molar-refractivity contribution in [3.05, 3.63) is 131 Å². The molecule has 4 nitrogen and oxygen atoms in total. The topological polar surface area (TPSA) is 47.2 Å². The van der Waals surface area contributed by atoms with Gasteiger partial charge in [-0.25, -0.2) is 0 Å². The van der Waals surface area contributed by atoms with Crippen LogP contribution in [0.5, 0.6) is 0 Å². The molecule has 0 saturated heterocycles. The minimum Gasteiger partial charge on any atom is -0.467 e. The third kappa shape index (κ3) is 4.81. The first-order chi connectivity index (χ1) is 16.7. The number of benzene rings is 3. The van der Waals surface area contributed by atoms with E-state index in [1.807, 2.05) is 18.2 Å². The fourth-order valence-corrected chi connectivity index (χ4v) is 4.61. The van der Waals surface area contributed by atoms with Gasteiger partial charge in [-0.3, -0.25) is 4.79 Å². The summed E-state index contributed by atoms with van der Waals surface area (Å²) >= 11 is 0. The highest BCUT2D eigenvalue weighted by atomic mass is 16.3.